The van der Waals surface area contributed by atoms with Gasteiger partial charge in [0.2, 0.25) is 11.8 Å². The van der Waals surface area contributed by atoms with E-state index in [1.54, 1.807) is 23.5 Å². The predicted octanol–water partition coefficient (Wildman–Crippen LogP) is 3.50. The summed E-state index contributed by atoms with van der Waals surface area (Å²) in [6, 6.07) is 19.6. The third-order valence-corrected chi connectivity index (χ3v) is 6.22. The molecule has 2 amide bonds. The molecule has 0 aliphatic heterocycles. The minimum atomic E-state index is -0.614. The lowest BCUT2D eigenvalue weighted by Gasteiger charge is -2.21. The van der Waals surface area contributed by atoms with E-state index in [1.807, 2.05) is 54.8 Å². The quantitative estimate of drug-likeness (QED) is 0.555. The van der Waals surface area contributed by atoms with Gasteiger partial charge in [-0.2, -0.15) is 23.5 Å². The first-order valence-electron chi connectivity index (χ1n) is 9.34. The Balaban J connectivity index is 2.01. The van der Waals surface area contributed by atoms with Crippen LogP contribution < -0.4 is 11.1 Å². The van der Waals surface area contributed by atoms with E-state index in [0.29, 0.717) is 18.6 Å². The van der Waals surface area contributed by atoms with Crippen molar-refractivity contribution in [2.24, 2.45) is 11.7 Å². The topological polar surface area (TPSA) is 72.2 Å². The molecule has 0 radical (unpaired) electrons. The molecule has 2 aromatic carbocycles. The molecule has 0 spiro atoms. The minimum absolute atomic E-state index is 0.102. The monoisotopic (exact) mass is 416 g/mol. The van der Waals surface area contributed by atoms with E-state index in [-0.39, 0.29) is 11.8 Å². The van der Waals surface area contributed by atoms with Gasteiger partial charge in [0.25, 0.3) is 0 Å². The molecule has 6 heteroatoms. The van der Waals surface area contributed by atoms with Crippen molar-refractivity contribution in [1.29, 1.82) is 0 Å². The molecule has 0 saturated carbocycles. The fourth-order valence-corrected chi connectivity index (χ4v) is 4.40. The zero-order valence-corrected chi connectivity index (χ0v) is 17.8. The molecule has 0 aliphatic rings. The van der Waals surface area contributed by atoms with Crippen molar-refractivity contribution in [2.45, 2.75) is 24.6 Å². The molecule has 0 aliphatic carbocycles. The van der Waals surface area contributed by atoms with Gasteiger partial charge in [-0.25, -0.2) is 0 Å². The van der Waals surface area contributed by atoms with Gasteiger partial charge >= 0.3 is 0 Å². The number of rotatable bonds is 12. The van der Waals surface area contributed by atoms with Crippen molar-refractivity contribution in [3.05, 3.63) is 71.8 Å². The number of hydrogen-bond acceptors (Lipinski definition) is 4. The van der Waals surface area contributed by atoms with Gasteiger partial charge in [-0.15, -0.1) is 0 Å². The van der Waals surface area contributed by atoms with Gasteiger partial charge in [-0.3, -0.25) is 9.59 Å². The number of hydrogen-bond donors (Lipinski definition) is 2. The van der Waals surface area contributed by atoms with E-state index in [0.717, 1.165) is 17.1 Å². The molecule has 0 aromatic heterocycles. The zero-order chi connectivity index (χ0) is 20.2. The molecule has 0 bridgehead atoms. The highest BCUT2D eigenvalue weighted by molar-refractivity contribution is 7.98. The molecule has 0 unspecified atom stereocenters. The number of benzene rings is 2. The van der Waals surface area contributed by atoms with Gasteiger partial charge in [0.1, 0.15) is 6.04 Å². The van der Waals surface area contributed by atoms with E-state index in [2.05, 4.69) is 17.4 Å². The summed E-state index contributed by atoms with van der Waals surface area (Å²) in [5.74, 6) is 1.52. The van der Waals surface area contributed by atoms with Crippen LogP contribution in [0.15, 0.2) is 60.7 Å². The second-order valence-corrected chi connectivity index (χ2v) is 8.65. The number of carbonyl (C=O) groups excluding carboxylic acids is 2. The molecule has 2 rings (SSSR count). The Morgan fingerprint density at radius 2 is 1.61 bits per heavy atom. The van der Waals surface area contributed by atoms with Gasteiger partial charge < -0.3 is 11.1 Å². The first-order valence-corrected chi connectivity index (χ1v) is 11.9. The van der Waals surface area contributed by atoms with Crippen LogP contribution in [0.4, 0.5) is 0 Å². The molecule has 3 N–H and O–H groups in total. The van der Waals surface area contributed by atoms with Crippen LogP contribution in [0.1, 0.15) is 17.5 Å². The molecule has 0 heterocycles. The maximum atomic E-state index is 12.9. The van der Waals surface area contributed by atoms with E-state index in [1.165, 1.54) is 5.56 Å². The number of nitrogens with two attached hydrogens (primary N) is 1. The summed E-state index contributed by atoms with van der Waals surface area (Å²) in [5.41, 5.74) is 7.84. The summed E-state index contributed by atoms with van der Waals surface area (Å²) in [4.78, 5) is 24.6. The first kappa shape index (κ1) is 22.4. The van der Waals surface area contributed by atoms with E-state index in [9.17, 15) is 9.59 Å². The summed E-state index contributed by atoms with van der Waals surface area (Å²) < 4.78 is 0. The molecule has 0 fully saturated rings. The Labute approximate surface area is 176 Å². The highest BCUT2D eigenvalue weighted by atomic mass is 32.2. The summed E-state index contributed by atoms with van der Waals surface area (Å²) in [6.07, 6.45) is 3.16. The molecule has 2 aromatic rings. The average molecular weight is 417 g/mol. The van der Waals surface area contributed by atoms with Gasteiger partial charge in [0.15, 0.2) is 0 Å². The van der Waals surface area contributed by atoms with Crippen LogP contribution in [-0.4, -0.2) is 35.6 Å². The predicted molar refractivity (Wildman–Crippen MR) is 120 cm³/mol. The summed E-state index contributed by atoms with van der Waals surface area (Å²) >= 11 is 3.37. The number of thioether (sulfide) groups is 2. The number of amides is 2. The van der Waals surface area contributed by atoms with Gasteiger partial charge in [-0.05, 0) is 36.0 Å². The zero-order valence-electron chi connectivity index (χ0n) is 16.2. The molecule has 2 atom stereocenters. The van der Waals surface area contributed by atoms with Gasteiger partial charge in [-0.1, -0.05) is 60.7 Å². The van der Waals surface area contributed by atoms with Crippen molar-refractivity contribution < 1.29 is 9.59 Å². The third-order valence-electron chi connectivity index (χ3n) is 4.40. The molecular weight excluding hydrogens is 388 g/mol. The van der Waals surface area contributed by atoms with Crippen molar-refractivity contribution in [3.8, 4) is 0 Å². The SMILES string of the molecule is CSCC[C@H](NC(=O)[C@H](CSCc1ccccc1)Cc1ccccc1)C(N)=O. The van der Waals surface area contributed by atoms with Crippen molar-refractivity contribution in [3.63, 3.8) is 0 Å². The Bertz CT molecular complexity index is 726. The Kier molecular flexibility index (Phi) is 10.0. The maximum Gasteiger partial charge on any atom is 0.240 e. The van der Waals surface area contributed by atoms with Crippen LogP contribution in [0.2, 0.25) is 0 Å². The standard InChI is InChI=1S/C22H28N2O2S2/c1-27-13-12-20(21(23)25)24-22(26)19(14-17-8-4-2-5-9-17)16-28-15-18-10-6-3-7-11-18/h2-11,19-20H,12-16H2,1H3,(H2,23,25)(H,24,26)/t19-,20-/m0/s1. The Morgan fingerprint density at radius 1 is 1.00 bits per heavy atom. The van der Waals surface area contributed by atoms with Gasteiger partial charge in [0, 0.05) is 11.5 Å². The second-order valence-electron chi connectivity index (χ2n) is 6.63. The van der Waals surface area contributed by atoms with Crippen LogP contribution >= 0.6 is 23.5 Å². The summed E-state index contributed by atoms with van der Waals surface area (Å²) in [7, 11) is 0. The van der Waals surface area contributed by atoms with Crippen LogP contribution in [0.5, 0.6) is 0 Å². The lowest BCUT2D eigenvalue weighted by Crippen LogP contribution is -2.47. The largest absolute Gasteiger partial charge is 0.368 e. The molecule has 28 heavy (non-hydrogen) atoms. The van der Waals surface area contributed by atoms with Gasteiger partial charge in [0.05, 0.1) is 5.92 Å². The van der Waals surface area contributed by atoms with Crippen molar-refractivity contribution in [1.82, 2.24) is 5.32 Å². The molecular formula is C22H28N2O2S2. The minimum Gasteiger partial charge on any atom is -0.368 e. The maximum absolute atomic E-state index is 12.9. The smallest absolute Gasteiger partial charge is 0.240 e. The number of nitrogens with one attached hydrogen (secondary N) is 1. The lowest BCUT2D eigenvalue weighted by molar-refractivity contribution is -0.129. The van der Waals surface area contributed by atoms with Crippen molar-refractivity contribution >= 4 is 35.3 Å². The molecule has 4 nitrogen and oxygen atoms in total. The number of primary amides is 1. The number of carbonyl (C=O) groups is 2. The molecule has 150 valence electrons. The van der Waals surface area contributed by atoms with Crippen LogP contribution in [-0.2, 0) is 21.8 Å². The first-order chi connectivity index (χ1) is 13.6. The molecule has 0 saturated heterocycles. The Morgan fingerprint density at radius 3 is 2.18 bits per heavy atom. The highest BCUT2D eigenvalue weighted by Gasteiger charge is 2.24. The van der Waals surface area contributed by atoms with E-state index in [4.69, 9.17) is 5.73 Å². The van der Waals surface area contributed by atoms with E-state index < -0.39 is 11.9 Å². The van der Waals surface area contributed by atoms with Crippen LogP contribution in [0.3, 0.4) is 0 Å². The highest BCUT2D eigenvalue weighted by Crippen LogP contribution is 2.19. The normalized spacial score (nSPS) is 12.9. The van der Waals surface area contributed by atoms with Crippen LogP contribution in [0.25, 0.3) is 0 Å². The summed E-state index contributed by atoms with van der Waals surface area (Å²) in [6.45, 7) is 0. The van der Waals surface area contributed by atoms with E-state index >= 15 is 0 Å². The average Bonchev–Trinajstić information content (AvgIpc) is 2.71. The van der Waals surface area contributed by atoms with Crippen molar-refractivity contribution in [2.75, 3.05) is 17.8 Å². The Hall–Kier alpha value is -1.92. The fraction of sp³-hybridized carbons (Fsp3) is 0.364. The third kappa shape index (κ3) is 7.98. The second kappa shape index (κ2) is 12.5. The van der Waals surface area contributed by atoms with Crippen LogP contribution in [0, 0.1) is 5.92 Å². The lowest BCUT2D eigenvalue weighted by atomic mass is 9.99. The fourth-order valence-electron chi connectivity index (χ4n) is 2.83. The summed E-state index contributed by atoms with van der Waals surface area (Å²) in [5, 5.41) is 2.88.